The Labute approximate surface area is 211 Å². The van der Waals surface area contributed by atoms with Crippen LogP contribution in [0.2, 0.25) is 0 Å². The fourth-order valence-corrected chi connectivity index (χ4v) is 4.98. The van der Waals surface area contributed by atoms with Crippen molar-refractivity contribution >= 4 is 34.0 Å². The van der Waals surface area contributed by atoms with Crippen LogP contribution < -0.4 is 20.1 Å². The van der Waals surface area contributed by atoms with Gasteiger partial charge in [0.05, 0.1) is 18.1 Å². The third-order valence-corrected chi connectivity index (χ3v) is 6.44. The van der Waals surface area contributed by atoms with Gasteiger partial charge in [-0.3, -0.25) is 9.78 Å². The number of fused-ring (bicyclic) bond motifs is 2. The number of terminal acetylenes is 1. The number of rotatable bonds is 5. The number of hydrogen-bond acceptors (Lipinski definition) is 8. The van der Waals surface area contributed by atoms with Gasteiger partial charge in [0.1, 0.15) is 28.6 Å². The average molecular weight is 504 g/mol. The molecule has 0 aliphatic carbocycles. The average Bonchev–Trinajstić information content (AvgIpc) is 2.88. The number of nitrogens with zero attached hydrogens (tertiary/aromatic N) is 4. The Morgan fingerprint density at radius 3 is 2.76 bits per heavy atom. The van der Waals surface area contributed by atoms with Gasteiger partial charge in [-0.2, -0.15) is 9.97 Å². The first kappa shape index (κ1) is 24.3. The molecular weight excluding hydrogens is 480 g/mol. The number of benzene rings is 2. The summed E-state index contributed by atoms with van der Waals surface area (Å²) in [7, 11) is 1.39. The summed E-state index contributed by atoms with van der Waals surface area (Å²) < 4.78 is 41.2. The molecule has 2 aromatic heterocycles. The third kappa shape index (κ3) is 4.27. The van der Waals surface area contributed by atoms with Crippen molar-refractivity contribution in [1.82, 2.24) is 15.0 Å². The zero-order valence-electron chi connectivity index (χ0n) is 20.2. The molecule has 37 heavy (non-hydrogen) atoms. The van der Waals surface area contributed by atoms with E-state index in [0.717, 1.165) is 6.42 Å². The number of methoxy groups -OCH3 is 1. The van der Waals surface area contributed by atoms with Crippen LogP contribution >= 0.6 is 0 Å². The zero-order chi connectivity index (χ0) is 26.3. The number of carbonyl (C=O) groups excluding carboxylic acids is 1. The topological polar surface area (TPSA) is 103 Å². The minimum absolute atomic E-state index is 0.0244. The Kier molecular flexibility index (Phi) is 6.31. The van der Waals surface area contributed by atoms with Gasteiger partial charge in [0.25, 0.3) is 6.47 Å². The maximum Gasteiger partial charge on any atom is 0.318 e. The molecule has 0 saturated carbocycles. The van der Waals surface area contributed by atoms with Crippen molar-refractivity contribution in [1.29, 1.82) is 0 Å². The first-order chi connectivity index (χ1) is 17.8. The van der Waals surface area contributed by atoms with Gasteiger partial charge < -0.3 is 20.1 Å². The van der Waals surface area contributed by atoms with Crippen molar-refractivity contribution in [2.24, 2.45) is 11.7 Å². The van der Waals surface area contributed by atoms with Gasteiger partial charge in [-0.25, -0.2) is 8.78 Å². The smallest absolute Gasteiger partial charge is 0.318 e. The number of anilines is 1. The van der Waals surface area contributed by atoms with E-state index < -0.39 is 11.6 Å². The summed E-state index contributed by atoms with van der Waals surface area (Å²) in [6, 6.07) is 5.47. The predicted molar refractivity (Wildman–Crippen MR) is 135 cm³/mol. The molecule has 5 rings (SSSR count). The first-order valence-corrected chi connectivity index (χ1v) is 11.6. The molecule has 2 aromatic carbocycles. The van der Waals surface area contributed by atoms with E-state index in [9.17, 15) is 9.18 Å². The number of hydrogen-bond donors (Lipinski definition) is 1. The summed E-state index contributed by atoms with van der Waals surface area (Å²) in [6.07, 6.45) is 7.94. The fourth-order valence-electron chi connectivity index (χ4n) is 4.98. The predicted octanol–water partition coefficient (Wildman–Crippen LogP) is 3.82. The van der Waals surface area contributed by atoms with Crippen LogP contribution in [0.1, 0.15) is 18.9 Å². The van der Waals surface area contributed by atoms with E-state index in [4.69, 9.17) is 21.6 Å². The Bertz CT molecular complexity index is 1580. The van der Waals surface area contributed by atoms with E-state index in [-0.39, 0.29) is 52.0 Å². The lowest BCUT2D eigenvalue weighted by atomic mass is 9.95. The van der Waals surface area contributed by atoms with E-state index in [1.54, 1.807) is 0 Å². The number of aromatic nitrogens is 3. The van der Waals surface area contributed by atoms with Gasteiger partial charge >= 0.3 is 6.01 Å². The van der Waals surface area contributed by atoms with Crippen LogP contribution in [-0.2, 0) is 4.79 Å². The van der Waals surface area contributed by atoms with Crippen LogP contribution in [0.4, 0.5) is 14.6 Å². The SMILES string of the molecule is C#Cc1c(F)ccc2cc(OC=O)cc(-c3ncc4c(N5CC(C)CC(N)C5)nc(OC)nc4c3F)c12. The number of carbonyl (C=O) groups is 1. The summed E-state index contributed by atoms with van der Waals surface area (Å²) in [5.74, 6) is 1.78. The van der Waals surface area contributed by atoms with Crippen molar-refractivity contribution in [3.63, 3.8) is 0 Å². The lowest BCUT2D eigenvalue weighted by molar-refractivity contribution is -0.120. The van der Waals surface area contributed by atoms with Crippen LogP contribution in [0.15, 0.2) is 30.5 Å². The summed E-state index contributed by atoms with van der Waals surface area (Å²) in [5, 5.41) is 1.07. The van der Waals surface area contributed by atoms with Crippen LogP contribution in [-0.4, -0.2) is 47.7 Å². The highest BCUT2D eigenvalue weighted by atomic mass is 19.1. The van der Waals surface area contributed by atoms with Crippen molar-refractivity contribution in [3.05, 3.63) is 47.7 Å². The lowest BCUT2D eigenvalue weighted by Gasteiger charge is -2.36. The Balaban J connectivity index is 1.79. The molecule has 4 aromatic rings. The maximum atomic E-state index is 16.2. The van der Waals surface area contributed by atoms with Gasteiger partial charge in [-0.1, -0.05) is 18.9 Å². The van der Waals surface area contributed by atoms with E-state index in [2.05, 4.69) is 27.8 Å². The number of pyridine rings is 1. The first-order valence-electron chi connectivity index (χ1n) is 11.6. The molecule has 3 heterocycles. The summed E-state index contributed by atoms with van der Waals surface area (Å²) >= 11 is 0. The summed E-state index contributed by atoms with van der Waals surface area (Å²) in [4.78, 5) is 26.1. The molecule has 2 atom stereocenters. The fraction of sp³-hybridized carbons (Fsp3) is 0.259. The largest absolute Gasteiger partial charge is 0.467 e. The van der Waals surface area contributed by atoms with Crippen LogP contribution in [0.3, 0.4) is 0 Å². The number of ether oxygens (including phenoxy) is 2. The third-order valence-electron chi connectivity index (χ3n) is 6.44. The van der Waals surface area contributed by atoms with E-state index in [1.807, 2.05) is 4.90 Å². The Morgan fingerprint density at radius 1 is 1.24 bits per heavy atom. The van der Waals surface area contributed by atoms with Crippen molar-refractivity contribution < 1.29 is 23.0 Å². The van der Waals surface area contributed by atoms with E-state index >= 15 is 4.39 Å². The molecule has 1 aliphatic rings. The minimum atomic E-state index is -0.786. The van der Waals surface area contributed by atoms with Crippen molar-refractivity contribution in [2.45, 2.75) is 19.4 Å². The quantitative estimate of drug-likeness (QED) is 0.324. The van der Waals surface area contributed by atoms with E-state index in [1.165, 1.54) is 37.6 Å². The lowest BCUT2D eigenvalue weighted by Crippen LogP contribution is -2.46. The summed E-state index contributed by atoms with van der Waals surface area (Å²) in [6.45, 7) is 3.54. The molecule has 188 valence electrons. The summed E-state index contributed by atoms with van der Waals surface area (Å²) in [5.41, 5.74) is 6.14. The van der Waals surface area contributed by atoms with Crippen molar-refractivity contribution in [3.8, 4) is 35.4 Å². The van der Waals surface area contributed by atoms with E-state index in [0.29, 0.717) is 35.6 Å². The second kappa shape index (κ2) is 9.59. The maximum absolute atomic E-state index is 16.2. The minimum Gasteiger partial charge on any atom is -0.467 e. The molecule has 2 N–H and O–H groups in total. The monoisotopic (exact) mass is 503 g/mol. The second-order valence-corrected chi connectivity index (χ2v) is 9.07. The number of piperidine rings is 1. The van der Waals surface area contributed by atoms with Crippen LogP contribution in [0.5, 0.6) is 11.8 Å². The highest BCUT2D eigenvalue weighted by Crippen LogP contribution is 2.39. The van der Waals surface area contributed by atoms with Gasteiger partial charge in [0.2, 0.25) is 0 Å². The molecule has 1 fully saturated rings. The molecule has 0 spiro atoms. The number of nitrogens with two attached hydrogens (primary N) is 1. The van der Waals surface area contributed by atoms with Gasteiger partial charge in [-0.05, 0) is 35.9 Å². The molecule has 1 aliphatic heterocycles. The molecule has 0 radical (unpaired) electrons. The van der Waals surface area contributed by atoms with Gasteiger partial charge in [0.15, 0.2) is 5.82 Å². The Morgan fingerprint density at radius 2 is 2.05 bits per heavy atom. The highest BCUT2D eigenvalue weighted by molar-refractivity contribution is 6.03. The van der Waals surface area contributed by atoms with Crippen molar-refractivity contribution in [2.75, 3.05) is 25.1 Å². The highest BCUT2D eigenvalue weighted by Gasteiger charge is 2.27. The molecule has 8 nitrogen and oxygen atoms in total. The molecule has 1 saturated heterocycles. The molecule has 0 amide bonds. The Hall–Kier alpha value is -4.36. The standard InChI is InChI=1S/C27H23F2N5O3/c1-4-18-21(28)6-5-15-8-17(37-13-35)9-19(22(15)18)24-23(29)25-20(10-31-24)26(33-27(32-25)36-3)34-11-14(2)7-16(30)12-34/h1,5-6,8-10,13-14,16H,7,11-12,30H2,2-3H3. The van der Waals surface area contributed by atoms with Gasteiger partial charge in [-0.15, -0.1) is 6.42 Å². The molecule has 10 heteroatoms. The molecule has 0 bridgehead atoms. The normalized spacial score (nSPS) is 17.6. The van der Waals surface area contributed by atoms with Crippen LogP contribution in [0, 0.1) is 29.9 Å². The second-order valence-electron chi connectivity index (χ2n) is 9.07. The molecular formula is C27H23F2N5O3. The van der Waals surface area contributed by atoms with Gasteiger partial charge in [0, 0.05) is 36.3 Å². The molecule has 2 unspecified atom stereocenters. The van der Waals surface area contributed by atoms with Crippen LogP contribution in [0.25, 0.3) is 32.9 Å². The number of halogens is 2. The zero-order valence-corrected chi connectivity index (χ0v) is 20.2.